The third kappa shape index (κ3) is 1.78. The van der Waals surface area contributed by atoms with Crippen LogP contribution >= 0.6 is 0 Å². The van der Waals surface area contributed by atoms with Crippen molar-refractivity contribution < 1.29 is 21.1 Å². The topological polar surface area (TPSA) is 0 Å². The molecule has 1 saturated carbocycles. The van der Waals surface area contributed by atoms with Crippen molar-refractivity contribution in [2.45, 2.75) is 25.7 Å². The summed E-state index contributed by atoms with van der Waals surface area (Å²) in [5.41, 5.74) is 7.25. The first-order valence-electron chi connectivity index (χ1n) is 7.01. The molecule has 2 aromatic carbocycles. The van der Waals surface area contributed by atoms with Crippen molar-refractivity contribution in [3.63, 3.8) is 0 Å². The Morgan fingerprint density at radius 2 is 1.30 bits per heavy atom. The predicted molar refractivity (Wildman–Crippen MR) is 80.0 cm³/mol. The Morgan fingerprint density at radius 1 is 0.850 bits per heavy atom. The molecular weight excluding hydrogens is 412 g/mol. The van der Waals surface area contributed by atoms with E-state index < -0.39 is 0 Å². The van der Waals surface area contributed by atoms with Gasteiger partial charge < -0.3 is 5.92 Å². The zero-order valence-corrected chi connectivity index (χ0v) is 14.7. The van der Waals surface area contributed by atoms with Crippen LogP contribution in [0, 0.1) is 5.92 Å². The monoisotopic (exact) mass is 429 g/mol. The minimum absolute atomic E-state index is 0. The molecule has 4 rings (SSSR count). The molecule has 20 heavy (non-hydrogen) atoms. The predicted octanol–water partition coefficient (Wildman–Crippen LogP) is 4.92. The third-order valence-corrected chi connectivity index (χ3v) is 4.67. The number of allylic oxidation sites excluding steroid dienone is 1. The molecule has 0 bridgehead atoms. The summed E-state index contributed by atoms with van der Waals surface area (Å²) in [6.45, 7) is 4.46. The maximum Gasteiger partial charge on any atom is 0 e. The molecule has 0 heterocycles. The van der Waals surface area contributed by atoms with Crippen LogP contribution in [0.1, 0.15) is 47.9 Å². The second kappa shape index (κ2) is 5.01. The van der Waals surface area contributed by atoms with E-state index in [-0.39, 0.29) is 21.1 Å². The SMILES string of the molecule is CC=C1c2ccccc2C2[C-](C)C2c2ccccc21.[W]. The van der Waals surface area contributed by atoms with Crippen LogP contribution in [0.25, 0.3) is 5.57 Å². The molecule has 2 aliphatic carbocycles. The van der Waals surface area contributed by atoms with Gasteiger partial charge in [0.25, 0.3) is 0 Å². The fourth-order valence-corrected chi connectivity index (χ4v) is 3.72. The van der Waals surface area contributed by atoms with Gasteiger partial charge in [-0.3, -0.25) is 0 Å². The Balaban J connectivity index is 0.00000121. The molecule has 0 spiro atoms. The van der Waals surface area contributed by atoms with E-state index in [4.69, 9.17) is 0 Å². The first-order valence-corrected chi connectivity index (χ1v) is 7.01. The average Bonchev–Trinajstić information content (AvgIpc) is 3.14. The molecule has 0 aromatic heterocycles. The van der Waals surface area contributed by atoms with Gasteiger partial charge in [-0.05, 0) is 23.6 Å². The summed E-state index contributed by atoms with van der Waals surface area (Å²) in [4.78, 5) is 0. The van der Waals surface area contributed by atoms with E-state index in [9.17, 15) is 0 Å². The van der Waals surface area contributed by atoms with E-state index in [1.54, 1.807) is 5.92 Å². The number of benzene rings is 2. The summed E-state index contributed by atoms with van der Waals surface area (Å²) < 4.78 is 0. The van der Waals surface area contributed by atoms with Gasteiger partial charge in [-0.25, -0.2) is 0 Å². The molecule has 0 nitrogen and oxygen atoms in total. The molecule has 1 fully saturated rings. The summed E-state index contributed by atoms with van der Waals surface area (Å²) >= 11 is 0. The summed E-state index contributed by atoms with van der Waals surface area (Å²) in [5, 5.41) is 0. The number of hydrogen-bond donors (Lipinski definition) is 0. The minimum Gasteiger partial charge on any atom is -0.306 e. The molecule has 2 atom stereocenters. The van der Waals surface area contributed by atoms with E-state index in [1.807, 2.05) is 0 Å². The van der Waals surface area contributed by atoms with Crippen molar-refractivity contribution in [3.8, 4) is 0 Å². The van der Waals surface area contributed by atoms with Crippen molar-refractivity contribution in [3.05, 3.63) is 82.8 Å². The zero-order chi connectivity index (χ0) is 13.0. The molecule has 1 heteroatoms. The van der Waals surface area contributed by atoms with Gasteiger partial charge in [-0.15, -0.1) is 0 Å². The summed E-state index contributed by atoms with van der Waals surface area (Å²) in [6, 6.07) is 17.8. The molecule has 2 aliphatic rings. The maximum absolute atomic E-state index is 2.31. The fourth-order valence-electron chi connectivity index (χ4n) is 3.72. The standard InChI is InChI=1S/C19H17.W/c1-3-13-14-8-4-6-10-16(14)18-12(2)19(18)17-11-7-5-9-15(13)17;/h3-11,18-19H,1-2H3;/q-1;. The van der Waals surface area contributed by atoms with Gasteiger partial charge in [0.05, 0.1) is 0 Å². The molecule has 2 aromatic rings. The van der Waals surface area contributed by atoms with E-state index in [2.05, 4.69) is 68.5 Å². The Kier molecular flexibility index (Phi) is 3.46. The molecule has 0 aliphatic heterocycles. The van der Waals surface area contributed by atoms with Gasteiger partial charge in [0.2, 0.25) is 0 Å². The summed E-state index contributed by atoms with van der Waals surface area (Å²) in [6.07, 6.45) is 2.26. The second-order valence-electron chi connectivity index (χ2n) is 5.58. The van der Waals surface area contributed by atoms with E-state index in [0.717, 1.165) is 0 Å². The van der Waals surface area contributed by atoms with Gasteiger partial charge in [-0.2, -0.15) is 18.8 Å². The van der Waals surface area contributed by atoms with Gasteiger partial charge in [0.15, 0.2) is 0 Å². The van der Waals surface area contributed by atoms with Crippen molar-refractivity contribution in [2.75, 3.05) is 0 Å². The van der Waals surface area contributed by atoms with E-state index in [1.165, 1.54) is 27.8 Å². The van der Waals surface area contributed by atoms with E-state index in [0.29, 0.717) is 11.8 Å². The average molecular weight is 429 g/mol. The third-order valence-electron chi connectivity index (χ3n) is 4.67. The summed E-state index contributed by atoms with van der Waals surface area (Å²) in [7, 11) is 0. The van der Waals surface area contributed by atoms with Crippen LogP contribution < -0.4 is 0 Å². The molecule has 100 valence electrons. The van der Waals surface area contributed by atoms with Crippen molar-refractivity contribution in [1.82, 2.24) is 0 Å². The van der Waals surface area contributed by atoms with Crippen molar-refractivity contribution in [1.29, 1.82) is 0 Å². The normalized spacial score (nSPS) is 22.8. The number of fused-ring (bicyclic) bond motifs is 5. The van der Waals surface area contributed by atoms with Gasteiger partial charge in [0, 0.05) is 21.1 Å². The Morgan fingerprint density at radius 3 is 1.75 bits per heavy atom. The summed E-state index contributed by atoms with van der Waals surface area (Å²) in [5.74, 6) is 2.89. The second-order valence-corrected chi connectivity index (χ2v) is 5.58. The first kappa shape index (κ1) is 13.8. The van der Waals surface area contributed by atoms with Crippen LogP contribution in [0.5, 0.6) is 0 Å². The van der Waals surface area contributed by atoms with E-state index >= 15 is 0 Å². The van der Waals surface area contributed by atoms with Crippen LogP contribution in [0.15, 0.2) is 54.6 Å². The van der Waals surface area contributed by atoms with Crippen LogP contribution in [0.4, 0.5) is 0 Å². The van der Waals surface area contributed by atoms with Gasteiger partial charge in [0.1, 0.15) is 0 Å². The number of hydrogen-bond acceptors (Lipinski definition) is 0. The smallest absolute Gasteiger partial charge is 0 e. The van der Waals surface area contributed by atoms with Crippen LogP contribution in [0.2, 0.25) is 0 Å². The Hall–Kier alpha value is -1.13. The zero-order valence-electron chi connectivity index (χ0n) is 11.8. The molecule has 0 N–H and O–H groups in total. The largest absolute Gasteiger partial charge is 0.306 e. The molecular formula is C19H17W-. The van der Waals surface area contributed by atoms with Crippen molar-refractivity contribution >= 4 is 5.57 Å². The molecule has 2 unspecified atom stereocenters. The Labute approximate surface area is 135 Å². The van der Waals surface area contributed by atoms with Crippen molar-refractivity contribution in [2.24, 2.45) is 0 Å². The van der Waals surface area contributed by atoms with Crippen LogP contribution in [0.3, 0.4) is 0 Å². The van der Waals surface area contributed by atoms with Crippen LogP contribution in [-0.4, -0.2) is 0 Å². The Bertz CT molecular complexity index is 628. The first-order chi connectivity index (χ1) is 9.33. The van der Waals surface area contributed by atoms with Gasteiger partial charge in [-0.1, -0.05) is 65.7 Å². The number of rotatable bonds is 0. The molecule has 0 saturated heterocycles. The minimum atomic E-state index is 0. The fraction of sp³-hybridized carbons (Fsp3) is 0.211. The van der Waals surface area contributed by atoms with Gasteiger partial charge >= 0.3 is 0 Å². The quantitative estimate of drug-likeness (QED) is 0.522. The molecule has 0 amide bonds. The molecule has 0 radical (unpaired) electrons. The maximum atomic E-state index is 2.31. The van der Waals surface area contributed by atoms with Crippen LogP contribution in [-0.2, 0) is 21.1 Å².